The second kappa shape index (κ2) is 4.72. The van der Waals surface area contributed by atoms with Crippen LogP contribution in [0.15, 0.2) is 0 Å². The summed E-state index contributed by atoms with van der Waals surface area (Å²) < 4.78 is 26.2. The summed E-state index contributed by atoms with van der Waals surface area (Å²) >= 11 is 0. The lowest BCUT2D eigenvalue weighted by atomic mass is 9.85. The van der Waals surface area contributed by atoms with Gasteiger partial charge in [0.15, 0.2) is 0 Å². The number of nitrogens with zero attached hydrogens (tertiary/aromatic N) is 4. The van der Waals surface area contributed by atoms with Gasteiger partial charge in [-0.15, -0.1) is 5.10 Å². The maximum Gasteiger partial charge on any atom is 0.305 e. The van der Waals surface area contributed by atoms with Crippen molar-refractivity contribution >= 4 is 5.97 Å². The predicted molar refractivity (Wildman–Crippen MR) is 53.5 cm³/mol. The van der Waals surface area contributed by atoms with E-state index in [4.69, 9.17) is 5.11 Å². The Bertz CT molecular complexity index is 400. The van der Waals surface area contributed by atoms with E-state index < -0.39 is 29.7 Å². The molecular weight excluding hydrogens is 234 g/mol. The number of carboxylic acids is 1. The molecule has 96 valence electrons. The molecule has 0 radical (unpaired) electrons. The molecule has 17 heavy (non-hydrogen) atoms. The van der Waals surface area contributed by atoms with Crippen LogP contribution >= 0.6 is 0 Å². The van der Waals surface area contributed by atoms with Crippen LogP contribution < -0.4 is 0 Å². The van der Waals surface area contributed by atoms with E-state index in [1.807, 2.05) is 0 Å². The highest BCUT2D eigenvalue weighted by molar-refractivity contribution is 5.67. The van der Waals surface area contributed by atoms with Crippen LogP contribution in [0.5, 0.6) is 0 Å². The summed E-state index contributed by atoms with van der Waals surface area (Å²) in [5.41, 5.74) is -0.544. The van der Waals surface area contributed by atoms with Crippen molar-refractivity contribution in [1.82, 2.24) is 20.2 Å². The van der Waals surface area contributed by atoms with E-state index in [9.17, 15) is 13.6 Å². The van der Waals surface area contributed by atoms with Gasteiger partial charge < -0.3 is 5.11 Å². The summed E-state index contributed by atoms with van der Waals surface area (Å²) in [7, 11) is 0. The van der Waals surface area contributed by atoms with Crippen molar-refractivity contribution in [2.75, 3.05) is 0 Å². The fourth-order valence-corrected chi connectivity index (χ4v) is 1.49. The molecule has 1 rings (SSSR count). The molecule has 0 saturated heterocycles. The largest absolute Gasteiger partial charge is 0.481 e. The third-order valence-corrected chi connectivity index (χ3v) is 2.38. The van der Waals surface area contributed by atoms with E-state index in [1.165, 1.54) is 0 Å². The standard InChI is InChI=1S/C9H14F2N4O2/c1-9(2,3)5(4-6(16)17)15-8(7(10)11)12-13-14-15/h5,7H,4H2,1-3H3,(H,16,17). The van der Waals surface area contributed by atoms with Gasteiger partial charge in [0, 0.05) is 0 Å². The second-order valence-corrected chi connectivity index (χ2v) is 4.76. The van der Waals surface area contributed by atoms with Gasteiger partial charge in [-0.25, -0.2) is 13.5 Å². The van der Waals surface area contributed by atoms with Crippen molar-refractivity contribution < 1.29 is 18.7 Å². The number of halogens is 2. The molecule has 1 atom stereocenters. The van der Waals surface area contributed by atoms with Gasteiger partial charge in [0.2, 0.25) is 5.82 Å². The van der Waals surface area contributed by atoms with E-state index in [0.717, 1.165) is 4.68 Å². The minimum Gasteiger partial charge on any atom is -0.481 e. The molecule has 0 aromatic carbocycles. The van der Waals surface area contributed by atoms with E-state index in [1.54, 1.807) is 20.8 Å². The van der Waals surface area contributed by atoms with Gasteiger partial charge in [-0.3, -0.25) is 4.79 Å². The molecule has 0 aliphatic carbocycles. The molecule has 1 N–H and O–H groups in total. The Morgan fingerprint density at radius 2 is 2.06 bits per heavy atom. The van der Waals surface area contributed by atoms with Crippen molar-refractivity contribution in [1.29, 1.82) is 0 Å². The van der Waals surface area contributed by atoms with Gasteiger partial charge in [0.25, 0.3) is 6.43 Å². The fourth-order valence-electron chi connectivity index (χ4n) is 1.49. The van der Waals surface area contributed by atoms with Crippen molar-refractivity contribution in [3.63, 3.8) is 0 Å². The Kier molecular flexibility index (Phi) is 3.74. The zero-order valence-electron chi connectivity index (χ0n) is 9.76. The maximum absolute atomic E-state index is 12.6. The number of alkyl halides is 2. The number of hydrogen-bond acceptors (Lipinski definition) is 4. The van der Waals surface area contributed by atoms with Crippen LogP contribution in [0, 0.1) is 5.41 Å². The van der Waals surface area contributed by atoms with Crippen molar-refractivity contribution in [2.24, 2.45) is 5.41 Å². The van der Waals surface area contributed by atoms with Gasteiger partial charge in [0.05, 0.1) is 12.5 Å². The number of tetrazole rings is 1. The smallest absolute Gasteiger partial charge is 0.305 e. The van der Waals surface area contributed by atoms with Crippen LogP contribution in [-0.2, 0) is 4.79 Å². The molecule has 1 heterocycles. The topological polar surface area (TPSA) is 80.9 Å². The predicted octanol–water partition coefficient (Wildman–Crippen LogP) is 1.67. The zero-order chi connectivity index (χ0) is 13.2. The quantitative estimate of drug-likeness (QED) is 0.876. The van der Waals surface area contributed by atoms with E-state index in [2.05, 4.69) is 15.5 Å². The molecule has 0 amide bonds. The third kappa shape index (κ3) is 3.18. The molecule has 0 bridgehead atoms. The number of carbonyl (C=O) groups is 1. The highest BCUT2D eigenvalue weighted by Gasteiger charge is 2.33. The lowest BCUT2D eigenvalue weighted by Gasteiger charge is -2.29. The summed E-state index contributed by atoms with van der Waals surface area (Å²) in [6, 6.07) is -0.723. The van der Waals surface area contributed by atoms with Crippen molar-refractivity contribution in [3.05, 3.63) is 5.82 Å². The number of aliphatic carboxylic acids is 1. The molecule has 0 aliphatic rings. The highest BCUT2D eigenvalue weighted by atomic mass is 19.3. The summed E-state index contributed by atoms with van der Waals surface area (Å²) in [6.45, 7) is 5.24. The number of rotatable bonds is 4. The first kappa shape index (κ1) is 13.5. The Morgan fingerprint density at radius 3 is 2.47 bits per heavy atom. The van der Waals surface area contributed by atoms with E-state index in [0.29, 0.717) is 0 Å². The average molecular weight is 248 g/mol. The third-order valence-electron chi connectivity index (χ3n) is 2.38. The molecule has 0 spiro atoms. The fraction of sp³-hybridized carbons (Fsp3) is 0.778. The summed E-state index contributed by atoms with van der Waals surface area (Å²) in [6.07, 6.45) is -3.14. The van der Waals surface area contributed by atoms with E-state index in [-0.39, 0.29) is 6.42 Å². The molecule has 6 nitrogen and oxygen atoms in total. The number of hydrogen-bond donors (Lipinski definition) is 1. The van der Waals surface area contributed by atoms with Crippen molar-refractivity contribution in [2.45, 2.75) is 39.7 Å². The minimum absolute atomic E-state index is 0.311. The average Bonchev–Trinajstić information content (AvgIpc) is 2.59. The van der Waals surface area contributed by atoms with Gasteiger partial charge in [-0.05, 0) is 15.8 Å². The molecule has 0 saturated carbocycles. The summed E-state index contributed by atoms with van der Waals surface area (Å²) in [5, 5.41) is 18.7. The molecule has 1 unspecified atom stereocenters. The lowest BCUT2D eigenvalue weighted by molar-refractivity contribution is -0.139. The molecule has 0 fully saturated rings. The Labute approximate surface area is 96.6 Å². The van der Waals surface area contributed by atoms with Crippen LogP contribution in [-0.4, -0.2) is 31.3 Å². The normalized spacial score (nSPS) is 14.0. The van der Waals surface area contributed by atoms with Gasteiger partial charge in [0.1, 0.15) is 0 Å². The first-order chi connectivity index (χ1) is 7.73. The molecule has 1 aromatic heterocycles. The summed E-state index contributed by atoms with van der Waals surface area (Å²) in [4.78, 5) is 10.8. The highest BCUT2D eigenvalue weighted by Crippen LogP contribution is 2.34. The molecule has 0 aliphatic heterocycles. The van der Waals surface area contributed by atoms with Crippen LogP contribution in [0.25, 0.3) is 0 Å². The molecular formula is C9H14F2N4O2. The molecule has 8 heteroatoms. The van der Waals surface area contributed by atoms with Crippen LogP contribution in [0.2, 0.25) is 0 Å². The minimum atomic E-state index is -2.83. The first-order valence-electron chi connectivity index (χ1n) is 5.01. The van der Waals surface area contributed by atoms with Crippen LogP contribution in [0.3, 0.4) is 0 Å². The monoisotopic (exact) mass is 248 g/mol. The van der Waals surface area contributed by atoms with E-state index >= 15 is 0 Å². The lowest BCUT2D eigenvalue weighted by Crippen LogP contribution is -2.29. The zero-order valence-corrected chi connectivity index (χ0v) is 9.76. The Hall–Kier alpha value is -1.60. The molecule has 1 aromatic rings. The number of aromatic nitrogens is 4. The Morgan fingerprint density at radius 1 is 1.47 bits per heavy atom. The summed E-state index contributed by atoms with van der Waals surface area (Å²) in [5.74, 6) is -1.69. The van der Waals surface area contributed by atoms with Gasteiger partial charge in [-0.2, -0.15) is 0 Å². The van der Waals surface area contributed by atoms with Crippen LogP contribution in [0.4, 0.5) is 8.78 Å². The van der Waals surface area contributed by atoms with Gasteiger partial charge in [-0.1, -0.05) is 20.8 Å². The van der Waals surface area contributed by atoms with Crippen LogP contribution in [0.1, 0.15) is 45.5 Å². The first-order valence-corrected chi connectivity index (χ1v) is 5.01. The van der Waals surface area contributed by atoms with Crippen molar-refractivity contribution in [3.8, 4) is 0 Å². The van der Waals surface area contributed by atoms with Gasteiger partial charge >= 0.3 is 5.97 Å². The SMILES string of the molecule is CC(C)(C)C(CC(=O)O)n1nnnc1C(F)F. The Balaban J connectivity index is 3.13. The second-order valence-electron chi connectivity index (χ2n) is 4.76. The maximum atomic E-state index is 12.6. The number of carboxylic acid groups (broad SMARTS) is 1.